The fraction of sp³-hybridized carbons (Fsp3) is 0.409. The summed E-state index contributed by atoms with van der Waals surface area (Å²) in [5, 5.41) is 0.691. The van der Waals surface area contributed by atoms with Crippen molar-refractivity contribution in [3.8, 4) is 11.5 Å². The molecule has 0 spiro atoms. The molecule has 2 aromatic rings. The van der Waals surface area contributed by atoms with Crippen LogP contribution in [0, 0.1) is 0 Å². The molecule has 2 aliphatic heterocycles. The van der Waals surface area contributed by atoms with Crippen LogP contribution in [0.25, 0.3) is 0 Å². The Labute approximate surface area is 170 Å². The van der Waals surface area contributed by atoms with Gasteiger partial charge in [0.25, 0.3) is 0 Å². The van der Waals surface area contributed by atoms with Gasteiger partial charge in [-0.25, -0.2) is 0 Å². The second-order valence-corrected chi connectivity index (χ2v) is 7.85. The molecule has 148 valence electrons. The third kappa shape index (κ3) is 4.26. The number of carbonyl (C=O) groups is 1. The predicted octanol–water partition coefficient (Wildman–Crippen LogP) is 3.91. The minimum atomic E-state index is 0.115. The van der Waals surface area contributed by atoms with Gasteiger partial charge in [-0.2, -0.15) is 0 Å². The molecule has 0 N–H and O–H groups in total. The number of fused-ring (bicyclic) bond motifs is 1. The van der Waals surface area contributed by atoms with Gasteiger partial charge in [-0.3, -0.25) is 9.69 Å². The van der Waals surface area contributed by atoms with Crippen molar-refractivity contribution >= 4 is 17.5 Å². The normalized spacial score (nSPS) is 18.9. The summed E-state index contributed by atoms with van der Waals surface area (Å²) in [5.74, 6) is 1.72. The number of hydrogen-bond acceptors (Lipinski definition) is 4. The highest BCUT2D eigenvalue weighted by molar-refractivity contribution is 6.30. The summed E-state index contributed by atoms with van der Waals surface area (Å²) in [7, 11) is 1.85. The van der Waals surface area contributed by atoms with E-state index in [0.717, 1.165) is 36.4 Å². The number of hydrogen-bond donors (Lipinski definition) is 0. The van der Waals surface area contributed by atoms with Gasteiger partial charge in [-0.05, 0) is 54.8 Å². The van der Waals surface area contributed by atoms with Crippen LogP contribution in [0.2, 0.25) is 5.02 Å². The Hall–Kier alpha value is -2.24. The molecule has 0 aliphatic carbocycles. The second-order valence-electron chi connectivity index (χ2n) is 7.41. The zero-order valence-corrected chi connectivity index (χ0v) is 16.8. The molecule has 1 fully saturated rings. The molecule has 1 atom stereocenters. The lowest BCUT2D eigenvalue weighted by molar-refractivity contribution is -0.131. The molecule has 0 radical (unpaired) electrons. The molecule has 2 aliphatic rings. The number of ether oxygens (including phenoxy) is 2. The third-order valence-corrected chi connectivity index (χ3v) is 5.62. The molecule has 28 heavy (non-hydrogen) atoms. The van der Waals surface area contributed by atoms with Crippen LogP contribution in [-0.4, -0.2) is 49.1 Å². The van der Waals surface area contributed by atoms with Crippen LogP contribution in [0.15, 0.2) is 42.5 Å². The van der Waals surface area contributed by atoms with Crippen molar-refractivity contribution in [2.24, 2.45) is 0 Å². The first-order chi connectivity index (χ1) is 13.6. The molecule has 0 aromatic heterocycles. The quantitative estimate of drug-likeness (QED) is 0.763. The van der Waals surface area contributed by atoms with Crippen LogP contribution >= 0.6 is 11.6 Å². The van der Waals surface area contributed by atoms with Gasteiger partial charge in [-0.15, -0.1) is 0 Å². The number of amides is 1. The van der Waals surface area contributed by atoms with E-state index in [4.69, 9.17) is 21.1 Å². The average molecular weight is 401 g/mol. The SMILES string of the molecule is CN(Cc1cccc(Cl)c1)C(=O)CN1CCC[C@@H]1c1ccc2c(c1)OCCO2. The number of carbonyl (C=O) groups excluding carboxylic acids is 1. The molecule has 4 rings (SSSR count). The second kappa shape index (κ2) is 8.41. The number of benzene rings is 2. The van der Waals surface area contributed by atoms with Crippen molar-refractivity contribution < 1.29 is 14.3 Å². The molecule has 2 heterocycles. The maximum absolute atomic E-state index is 12.8. The number of likely N-dealkylation sites (tertiary alicyclic amines) is 1. The van der Waals surface area contributed by atoms with Gasteiger partial charge in [0, 0.05) is 24.7 Å². The van der Waals surface area contributed by atoms with Gasteiger partial charge in [0.05, 0.1) is 6.54 Å². The minimum absolute atomic E-state index is 0.115. The van der Waals surface area contributed by atoms with Crippen molar-refractivity contribution in [2.45, 2.75) is 25.4 Å². The Balaban J connectivity index is 1.41. The lowest BCUT2D eigenvalue weighted by atomic mass is 10.0. The Morgan fingerprint density at radius 2 is 2.00 bits per heavy atom. The fourth-order valence-corrected chi connectivity index (χ4v) is 4.16. The molecular formula is C22H25ClN2O3. The molecule has 0 saturated carbocycles. The third-order valence-electron chi connectivity index (χ3n) is 5.39. The summed E-state index contributed by atoms with van der Waals surface area (Å²) < 4.78 is 11.3. The monoisotopic (exact) mass is 400 g/mol. The topological polar surface area (TPSA) is 42.0 Å². The highest BCUT2D eigenvalue weighted by Gasteiger charge is 2.29. The Bertz CT molecular complexity index is 857. The van der Waals surface area contributed by atoms with Crippen LogP contribution < -0.4 is 9.47 Å². The Morgan fingerprint density at radius 3 is 2.82 bits per heavy atom. The van der Waals surface area contributed by atoms with Gasteiger partial charge in [0.1, 0.15) is 13.2 Å². The predicted molar refractivity (Wildman–Crippen MR) is 109 cm³/mol. The first-order valence-corrected chi connectivity index (χ1v) is 10.1. The van der Waals surface area contributed by atoms with Gasteiger partial charge in [0.2, 0.25) is 5.91 Å². The number of nitrogens with zero attached hydrogens (tertiary/aromatic N) is 2. The highest BCUT2D eigenvalue weighted by atomic mass is 35.5. The van der Waals surface area contributed by atoms with Crippen molar-refractivity contribution in [3.63, 3.8) is 0 Å². The molecule has 1 amide bonds. The van der Waals surface area contributed by atoms with E-state index in [1.807, 2.05) is 37.4 Å². The summed E-state index contributed by atoms with van der Waals surface area (Å²) in [5.41, 5.74) is 2.22. The van der Waals surface area contributed by atoms with Crippen LogP contribution in [0.5, 0.6) is 11.5 Å². The lowest BCUT2D eigenvalue weighted by Gasteiger charge is -2.28. The van der Waals surface area contributed by atoms with E-state index in [9.17, 15) is 4.79 Å². The summed E-state index contributed by atoms with van der Waals surface area (Å²) in [6.07, 6.45) is 2.13. The molecule has 1 saturated heterocycles. The van der Waals surface area contributed by atoms with E-state index >= 15 is 0 Å². The van der Waals surface area contributed by atoms with Crippen molar-refractivity contribution in [2.75, 3.05) is 33.4 Å². The fourth-order valence-electron chi connectivity index (χ4n) is 3.95. The molecular weight excluding hydrogens is 376 g/mol. The smallest absolute Gasteiger partial charge is 0.236 e. The van der Waals surface area contributed by atoms with E-state index in [0.29, 0.717) is 31.3 Å². The largest absolute Gasteiger partial charge is 0.486 e. The van der Waals surface area contributed by atoms with E-state index in [1.54, 1.807) is 4.90 Å². The molecule has 6 heteroatoms. The first-order valence-electron chi connectivity index (χ1n) is 9.72. The molecule has 0 bridgehead atoms. The molecule has 0 unspecified atom stereocenters. The van der Waals surface area contributed by atoms with Crippen LogP contribution in [-0.2, 0) is 11.3 Å². The zero-order chi connectivity index (χ0) is 19.5. The van der Waals surface area contributed by atoms with Crippen molar-refractivity contribution in [1.29, 1.82) is 0 Å². The summed E-state index contributed by atoms with van der Waals surface area (Å²) in [6.45, 7) is 3.07. The van der Waals surface area contributed by atoms with E-state index < -0.39 is 0 Å². The molecule has 5 nitrogen and oxygen atoms in total. The van der Waals surface area contributed by atoms with Crippen molar-refractivity contribution in [1.82, 2.24) is 9.80 Å². The van der Waals surface area contributed by atoms with Crippen LogP contribution in [0.4, 0.5) is 0 Å². The van der Waals surface area contributed by atoms with E-state index in [2.05, 4.69) is 17.0 Å². The van der Waals surface area contributed by atoms with Gasteiger partial charge >= 0.3 is 0 Å². The first kappa shape index (κ1) is 19.1. The van der Waals surface area contributed by atoms with Crippen LogP contribution in [0.3, 0.4) is 0 Å². The van der Waals surface area contributed by atoms with Crippen LogP contribution in [0.1, 0.15) is 30.0 Å². The zero-order valence-electron chi connectivity index (χ0n) is 16.1. The Kier molecular flexibility index (Phi) is 5.74. The summed E-state index contributed by atoms with van der Waals surface area (Å²) in [6, 6.07) is 14.0. The maximum atomic E-state index is 12.8. The Morgan fingerprint density at radius 1 is 1.18 bits per heavy atom. The summed E-state index contributed by atoms with van der Waals surface area (Å²) in [4.78, 5) is 16.8. The minimum Gasteiger partial charge on any atom is -0.486 e. The van der Waals surface area contributed by atoms with Gasteiger partial charge in [-0.1, -0.05) is 29.8 Å². The standard InChI is InChI=1S/C22H25ClN2O3/c1-24(14-16-4-2-5-18(23)12-16)22(26)15-25-9-3-6-19(25)17-7-8-20-21(13-17)28-11-10-27-20/h2,4-5,7-8,12-13,19H,3,6,9-11,14-15H2,1H3/t19-/m1/s1. The van der Waals surface area contributed by atoms with E-state index in [-0.39, 0.29) is 11.9 Å². The molecule has 2 aromatic carbocycles. The lowest BCUT2D eigenvalue weighted by Crippen LogP contribution is -2.37. The number of rotatable bonds is 5. The average Bonchev–Trinajstić information content (AvgIpc) is 3.15. The number of halogens is 1. The summed E-state index contributed by atoms with van der Waals surface area (Å²) >= 11 is 6.05. The highest BCUT2D eigenvalue weighted by Crippen LogP contribution is 2.37. The van der Waals surface area contributed by atoms with E-state index in [1.165, 1.54) is 5.56 Å². The van der Waals surface area contributed by atoms with Gasteiger partial charge in [0.15, 0.2) is 11.5 Å². The van der Waals surface area contributed by atoms with Gasteiger partial charge < -0.3 is 14.4 Å². The van der Waals surface area contributed by atoms with Crippen molar-refractivity contribution in [3.05, 3.63) is 58.6 Å². The number of likely N-dealkylation sites (N-methyl/N-ethyl adjacent to an activating group) is 1. The maximum Gasteiger partial charge on any atom is 0.236 e.